The Morgan fingerprint density at radius 1 is 0.732 bits per heavy atom. The highest BCUT2D eigenvalue weighted by atomic mass is 35.5. The molecule has 1 amide bonds. The normalized spacial score (nSPS) is 12.4. The maximum Gasteiger partial charge on any atom is 0.326 e. The summed E-state index contributed by atoms with van der Waals surface area (Å²) in [7, 11) is 0. The first kappa shape index (κ1) is 41.8. The van der Waals surface area contributed by atoms with Gasteiger partial charge in [0.1, 0.15) is 11.8 Å². The Balaban J connectivity index is 1.27. The van der Waals surface area contributed by atoms with E-state index in [9.17, 15) is 19.5 Å². The highest BCUT2D eigenvalue weighted by Crippen LogP contribution is 2.26. The van der Waals surface area contributed by atoms with Gasteiger partial charge < -0.3 is 15.2 Å². The van der Waals surface area contributed by atoms with E-state index in [1.807, 2.05) is 60.7 Å². The molecule has 0 radical (unpaired) electrons. The molecule has 2 N–H and O–H groups in total. The van der Waals surface area contributed by atoms with Gasteiger partial charge in [0.15, 0.2) is 11.6 Å². The van der Waals surface area contributed by atoms with Crippen molar-refractivity contribution >= 4 is 29.3 Å². The van der Waals surface area contributed by atoms with Gasteiger partial charge >= 0.3 is 5.97 Å². The van der Waals surface area contributed by atoms with Crippen LogP contribution in [0, 0.1) is 5.92 Å². The van der Waals surface area contributed by atoms with Gasteiger partial charge in [-0.15, -0.1) is 0 Å². The van der Waals surface area contributed by atoms with E-state index in [4.69, 9.17) is 16.3 Å². The molecule has 0 bridgehead atoms. The van der Waals surface area contributed by atoms with Gasteiger partial charge in [-0.2, -0.15) is 0 Å². The second-order valence-corrected chi connectivity index (χ2v) is 15.8. The molecule has 0 spiro atoms. The van der Waals surface area contributed by atoms with Gasteiger partial charge in [0.05, 0.1) is 6.61 Å². The van der Waals surface area contributed by atoms with Crippen LogP contribution in [0.5, 0.6) is 5.75 Å². The number of nitrogens with zero attached hydrogens (tertiary/aromatic N) is 2. The first-order valence-electron chi connectivity index (χ1n) is 19.5. The number of hydrogen-bond donors (Lipinski definition) is 2. The molecule has 0 saturated carbocycles. The van der Waals surface area contributed by atoms with Crippen molar-refractivity contribution in [3.8, 4) is 28.3 Å². The van der Waals surface area contributed by atoms with Gasteiger partial charge in [0.25, 0.3) is 0 Å². The zero-order valence-corrected chi connectivity index (χ0v) is 33.5. The summed E-state index contributed by atoms with van der Waals surface area (Å²) in [5, 5.41) is 13.3. The number of hydrogen-bond acceptors (Lipinski definition) is 6. The number of aliphatic carboxylic acids is 1. The number of carbonyl (C=O) groups excluding carboxylic acids is 2. The van der Waals surface area contributed by atoms with Crippen molar-refractivity contribution < 1.29 is 24.2 Å². The fourth-order valence-electron chi connectivity index (χ4n) is 6.44. The summed E-state index contributed by atoms with van der Waals surface area (Å²) in [5.74, 6) is -1.28. The van der Waals surface area contributed by atoms with Crippen LogP contribution >= 0.6 is 11.6 Å². The first-order chi connectivity index (χ1) is 26.9. The second-order valence-electron chi connectivity index (χ2n) is 15.4. The van der Waals surface area contributed by atoms with Crippen molar-refractivity contribution in [2.24, 2.45) is 5.92 Å². The number of amides is 1. The van der Waals surface area contributed by atoms with Gasteiger partial charge in [-0.1, -0.05) is 138 Å². The van der Waals surface area contributed by atoms with Crippen molar-refractivity contribution in [1.29, 1.82) is 0 Å². The van der Waals surface area contributed by atoms with Crippen LogP contribution in [0.3, 0.4) is 0 Å². The lowest BCUT2D eigenvalue weighted by atomic mass is 9.85. The number of Topliss-reactive ketones (excluding diaryl/α,β-unsaturated/α-hetero) is 1. The number of ketones is 1. The number of carboxylic acid groups (broad SMARTS) is 1. The predicted octanol–water partition coefficient (Wildman–Crippen LogP) is 10.4. The third-order valence-corrected chi connectivity index (χ3v) is 10.1. The summed E-state index contributed by atoms with van der Waals surface area (Å²) in [6.07, 6.45) is 9.78. The van der Waals surface area contributed by atoms with Crippen LogP contribution < -0.4 is 10.1 Å². The van der Waals surface area contributed by atoms with Crippen molar-refractivity contribution in [1.82, 2.24) is 15.3 Å². The number of carboxylic acids is 1. The molecule has 2 atom stereocenters. The van der Waals surface area contributed by atoms with Crippen LogP contribution in [0.25, 0.3) is 22.5 Å². The molecule has 0 aliphatic carbocycles. The van der Waals surface area contributed by atoms with Crippen LogP contribution in [-0.2, 0) is 27.8 Å². The van der Waals surface area contributed by atoms with E-state index in [0.717, 1.165) is 40.0 Å². The lowest BCUT2D eigenvalue weighted by Crippen LogP contribution is -2.45. The second kappa shape index (κ2) is 20.0. The number of benzene rings is 4. The quantitative estimate of drug-likeness (QED) is 0.0633. The molecule has 1 heterocycles. The van der Waals surface area contributed by atoms with E-state index in [-0.39, 0.29) is 30.5 Å². The Bertz CT molecular complexity index is 2020. The number of carbonyl (C=O) groups is 3. The molecular weight excluding hydrogens is 722 g/mol. The summed E-state index contributed by atoms with van der Waals surface area (Å²) >= 11 is 6.02. The van der Waals surface area contributed by atoms with E-state index in [0.29, 0.717) is 28.6 Å². The third-order valence-electron chi connectivity index (χ3n) is 9.89. The Hall–Kier alpha value is -5.34. The SMILES string of the molecule is CCCCCCCOc1ccc(-c2cnc(-c3ccc(C[C@H](CC(=O)c4ccc(C(C)(C)C)cc4)C(=O)NC(Cc4ccc(Cl)cc4)C(=O)O)cc3)nc2)cc1. The van der Waals surface area contributed by atoms with E-state index in [1.54, 1.807) is 48.8 Å². The highest BCUT2D eigenvalue weighted by molar-refractivity contribution is 6.30. The third kappa shape index (κ3) is 12.3. The molecule has 0 fully saturated rings. The lowest BCUT2D eigenvalue weighted by Gasteiger charge is -2.21. The van der Waals surface area contributed by atoms with E-state index < -0.39 is 23.8 Å². The Kier molecular flexibility index (Phi) is 14.9. The zero-order chi connectivity index (χ0) is 40.1. The van der Waals surface area contributed by atoms with Crippen LogP contribution in [0.15, 0.2) is 109 Å². The van der Waals surface area contributed by atoms with Crippen LogP contribution in [0.1, 0.15) is 93.3 Å². The molecule has 1 aromatic heterocycles. The fraction of sp³-hybridized carbons (Fsp3) is 0.340. The van der Waals surface area contributed by atoms with E-state index in [2.05, 4.69) is 43.0 Å². The van der Waals surface area contributed by atoms with Gasteiger partial charge in [-0.05, 0) is 64.8 Å². The van der Waals surface area contributed by atoms with Crippen molar-refractivity contribution in [3.05, 3.63) is 137 Å². The molecule has 9 heteroatoms. The first-order valence-corrected chi connectivity index (χ1v) is 19.8. The number of nitrogens with one attached hydrogen (secondary N) is 1. The Morgan fingerprint density at radius 3 is 1.93 bits per heavy atom. The highest BCUT2D eigenvalue weighted by Gasteiger charge is 2.28. The standard InChI is InChI=1S/C47H52ClN3O5/c1-5-6-7-8-9-26-56-41-24-18-34(19-25-41)38-30-49-44(50-31-38)36-14-10-32(11-15-36)27-37(29-43(52)35-16-20-39(21-17-35)47(2,3)4)45(53)51-42(46(54)55)28-33-12-22-40(48)23-13-33/h10-25,30-31,37,42H,5-9,26-29H2,1-4H3,(H,51,53)(H,54,55)/t37-,42?/m1/s1. The maximum absolute atomic E-state index is 13.8. The molecule has 0 aliphatic rings. The van der Waals surface area contributed by atoms with Gasteiger partial charge in [-0.3, -0.25) is 9.59 Å². The monoisotopic (exact) mass is 773 g/mol. The van der Waals surface area contributed by atoms with Gasteiger partial charge in [-0.25, -0.2) is 14.8 Å². The smallest absolute Gasteiger partial charge is 0.326 e. The Morgan fingerprint density at radius 2 is 1.32 bits per heavy atom. The summed E-state index contributed by atoms with van der Waals surface area (Å²) in [4.78, 5) is 48.9. The molecule has 0 saturated heterocycles. The number of aromatic nitrogens is 2. The zero-order valence-electron chi connectivity index (χ0n) is 32.8. The summed E-state index contributed by atoms with van der Waals surface area (Å²) < 4.78 is 5.91. The van der Waals surface area contributed by atoms with Crippen LogP contribution in [-0.4, -0.2) is 45.4 Å². The van der Waals surface area contributed by atoms with Gasteiger partial charge in [0.2, 0.25) is 5.91 Å². The number of unbranched alkanes of at least 4 members (excludes halogenated alkanes) is 4. The van der Waals surface area contributed by atoms with Gasteiger partial charge in [0, 0.05) is 52.9 Å². The topological polar surface area (TPSA) is 118 Å². The molecule has 8 nitrogen and oxygen atoms in total. The molecular formula is C47H52ClN3O5. The summed E-state index contributed by atoms with van der Waals surface area (Å²) in [5.41, 5.74) is 5.72. The number of ether oxygens (including phenoxy) is 1. The van der Waals surface area contributed by atoms with E-state index >= 15 is 0 Å². The molecule has 5 rings (SSSR count). The number of rotatable bonds is 19. The maximum atomic E-state index is 13.8. The molecule has 0 aliphatic heterocycles. The molecule has 1 unspecified atom stereocenters. The van der Waals surface area contributed by atoms with Crippen LogP contribution in [0.2, 0.25) is 5.02 Å². The molecule has 56 heavy (non-hydrogen) atoms. The molecule has 292 valence electrons. The van der Waals surface area contributed by atoms with Crippen molar-refractivity contribution in [2.45, 2.75) is 90.5 Å². The minimum Gasteiger partial charge on any atom is -0.494 e. The van der Waals surface area contributed by atoms with E-state index in [1.165, 1.54) is 25.7 Å². The average molecular weight is 774 g/mol. The van der Waals surface area contributed by atoms with Crippen LogP contribution in [0.4, 0.5) is 0 Å². The minimum absolute atomic E-state index is 0.0691. The fourth-order valence-corrected chi connectivity index (χ4v) is 6.57. The molecule has 4 aromatic carbocycles. The molecule has 5 aromatic rings. The predicted molar refractivity (Wildman–Crippen MR) is 223 cm³/mol. The number of halogens is 1. The van der Waals surface area contributed by atoms with Crippen molar-refractivity contribution in [2.75, 3.05) is 6.61 Å². The lowest BCUT2D eigenvalue weighted by molar-refractivity contribution is -0.142. The Labute approximate surface area is 335 Å². The minimum atomic E-state index is -1.19. The summed E-state index contributed by atoms with van der Waals surface area (Å²) in [6, 6.07) is 28.6. The van der Waals surface area contributed by atoms with Crippen molar-refractivity contribution in [3.63, 3.8) is 0 Å². The average Bonchev–Trinajstić information content (AvgIpc) is 3.19. The largest absolute Gasteiger partial charge is 0.494 e. The summed E-state index contributed by atoms with van der Waals surface area (Å²) in [6.45, 7) is 9.24.